The zero-order valence-electron chi connectivity index (χ0n) is 14.7. The Bertz CT molecular complexity index is 848. The summed E-state index contributed by atoms with van der Waals surface area (Å²) in [5.74, 6) is -2.13. The van der Waals surface area contributed by atoms with Gasteiger partial charge in [-0.1, -0.05) is 18.2 Å². The van der Waals surface area contributed by atoms with Gasteiger partial charge in [0.1, 0.15) is 11.7 Å². The number of halogens is 3. The molecule has 0 spiro atoms. The number of anilines is 1. The van der Waals surface area contributed by atoms with Gasteiger partial charge in [0, 0.05) is 25.7 Å². The van der Waals surface area contributed by atoms with Crippen LogP contribution in [0.2, 0.25) is 0 Å². The van der Waals surface area contributed by atoms with Crippen molar-refractivity contribution in [3.05, 3.63) is 59.3 Å². The molecule has 0 saturated carbocycles. The highest BCUT2D eigenvalue weighted by molar-refractivity contribution is 6.08. The number of carbonyl (C=O) groups excluding carboxylic acids is 2. The second-order valence-electron chi connectivity index (χ2n) is 6.63. The maximum absolute atomic E-state index is 12.8. The molecule has 1 N–H and O–H groups in total. The van der Waals surface area contributed by atoms with E-state index in [1.54, 1.807) is 25.4 Å². The quantitative estimate of drug-likeness (QED) is 0.836. The number of carbonyl (C=O) groups is 2. The van der Waals surface area contributed by atoms with Crippen LogP contribution < -0.4 is 5.32 Å². The van der Waals surface area contributed by atoms with Gasteiger partial charge >= 0.3 is 6.18 Å². The van der Waals surface area contributed by atoms with E-state index < -0.39 is 29.5 Å². The Hall–Kier alpha value is -2.90. The third-order valence-electron chi connectivity index (χ3n) is 4.63. The molecule has 0 unspecified atom stereocenters. The van der Waals surface area contributed by atoms with Gasteiger partial charge in [-0.3, -0.25) is 9.59 Å². The van der Waals surface area contributed by atoms with Gasteiger partial charge in [0.05, 0.1) is 5.56 Å². The Kier molecular flexibility index (Phi) is 4.91. The number of pyridine rings is 1. The maximum Gasteiger partial charge on any atom is 0.416 e. The molecule has 2 heterocycles. The van der Waals surface area contributed by atoms with Crippen molar-refractivity contribution in [2.45, 2.75) is 19.0 Å². The van der Waals surface area contributed by atoms with Crippen LogP contribution in [0.5, 0.6) is 0 Å². The van der Waals surface area contributed by atoms with Gasteiger partial charge in [-0.05, 0) is 36.2 Å². The van der Waals surface area contributed by atoms with Crippen LogP contribution >= 0.6 is 0 Å². The molecular formula is C19H18F3N3O2. The van der Waals surface area contributed by atoms with Crippen LogP contribution in [0.15, 0.2) is 42.6 Å². The number of aryl methyl sites for hydroxylation is 1. The van der Waals surface area contributed by atoms with Crippen molar-refractivity contribution in [2.75, 3.05) is 18.9 Å². The van der Waals surface area contributed by atoms with Crippen molar-refractivity contribution in [2.24, 2.45) is 5.92 Å². The largest absolute Gasteiger partial charge is 0.416 e. The lowest BCUT2D eigenvalue weighted by Gasteiger charge is -2.17. The number of hydrogen-bond donors (Lipinski definition) is 1. The molecule has 142 valence electrons. The second-order valence-corrected chi connectivity index (χ2v) is 6.63. The molecule has 1 aliphatic heterocycles. The number of likely N-dealkylation sites (tertiary alicyclic amines) is 1. The standard InChI is InChI=1S/C19H18F3N3O2/c1-11-3-8-15(23-9-11)24-17(26)16-14(10-25(2)18(16)27)12-4-6-13(7-5-12)19(20,21)22/h3-9,14,16H,10H2,1-2H3,(H,23,24,26)/t14-,16+/m1/s1. The number of benzene rings is 1. The number of likely N-dealkylation sites (N-methyl/N-ethyl adjacent to an activating group) is 1. The molecule has 27 heavy (non-hydrogen) atoms. The van der Waals surface area contributed by atoms with Gasteiger partial charge in [0.25, 0.3) is 0 Å². The van der Waals surface area contributed by atoms with Gasteiger partial charge < -0.3 is 10.2 Å². The highest BCUT2D eigenvalue weighted by Crippen LogP contribution is 2.36. The molecule has 1 saturated heterocycles. The first kappa shape index (κ1) is 18.9. The zero-order valence-corrected chi connectivity index (χ0v) is 14.7. The number of nitrogens with zero attached hydrogens (tertiary/aromatic N) is 2. The lowest BCUT2D eigenvalue weighted by Crippen LogP contribution is -2.33. The Morgan fingerprint density at radius 2 is 1.85 bits per heavy atom. The molecule has 2 atom stereocenters. The van der Waals surface area contributed by atoms with E-state index in [0.29, 0.717) is 11.4 Å². The minimum Gasteiger partial charge on any atom is -0.344 e. The lowest BCUT2D eigenvalue weighted by atomic mass is 9.87. The number of amides is 2. The predicted octanol–water partition coefficient (Wildman–Crippen LogP) is 3.22. The lowest BCUT2D eigenvalue weighted by molar-refractivity contribution is -0.138. The van der Waals surface area contributed by atoms with E-state index in [0.717, 1.165) is 17.7 Å². The summed E-state index contributed by atoms with van der Waals surface area (Å²) in [6, 6.07) is 7.99. The molecule has 0 bridgehead atoms. The van der Waals surface area contributed by atoms with Crippen LogP contribution in [0.1, 0.15) is 22.6 Å². The topological polar surface area (TPSA) is 62.3 Å². The Morgan fingerprint density at radius 3 is 2.41 bits per heavy atom. The van der Waals surface area contributed by atoms with Crippen molar-refractivity contribution in [3.63, 3.8) is 0 Å². The smallest absolute Gasteiger partial charge is 0.344 e. The molecule has 1 fully saturated rings. The van der Waals surface area contributed by atoms with Gasteiger partial charge in [0.2, 0.25) is 11.8 Å². The average molecular weight is 377 g/mol. The molecule has 2 amide bonds. The van der Waals surface area contributed by atoms with Crippen LogP contribution in [0.4, 0.5) is 19.0 Å². The summed E-state index contributed by atoms with van der Waals surface area (Å²) in [6.07, 6.45) is -2.85. The molecular weight excluding hydrogens is 359 g/mol. The van der Waals surface area contributed by atoms with E-state index in [4.69, 9.17) is 0 Å². The van der Waals surface area contributed by atoms with Gasteiger partial charge in [-0.25, -0.2) is 4.98 Å². The second kappa shape index (κ2) is 7.02. The first-order chi connectivity index (χ1) is 12.7. The fraction of sp³-hybridized carbons (Fsp3) is 0.316. The van der Waals surface area contributed by atoms with Crippen LogP contribution in [0.3, 0.4) is 0 Å². The van der Waals surface area contributed by atoms with Crippen LogP contribution in [-0.4, -0.2) is 35.3 Å². The molecule has 1 aromatic carbocycles. The number of rotatable bonds is 3. The van der Waals surface area contributed by atoms with E-state index in [9.17, 15) is 22.8 Å². The first-order valence-corrected chi connectivity index (χ1v) is 8.32. The van der Waals surface area contributed by atoms with Crippen molar-refractivity contribution in [3.8, 4) is 0 Å². The molecule has 3 rings (SSSR count). The Balaban J connectivity index is 1.84. The average Bonchev–Trinajstić information content (AvgIpc) is 2.91. The minimum atomic E-state index is -4.44. The summed E-state index contributed by atoms with van der Waals surface area (Å²) in [5.41, 5.74) is 0.666. The number of alkyl halides is 3. The van der Waals surface area contributed by atoms with E-state index in [-0.39, 0.29) is 12.5 Å². The van der Waals surface area contributed by atoms with E-state index in [1.165, 1.54) is 17.0 Å². The van der Waals surface area contributed by atoms with Crippen LogP contribution in [0, 0.1) is 12.8 Å². The van der Waals surface area contributed by atoms with Gasteiger partial charge in [-0.15, -0.1) is 0 Å². The van der Waals surface area contributed by atoms with Gasteiger partial charge in [0.15, 0.2) is 0 Å². The first-order valence-electron chi connectivity index (χ1n) is 8.32. The van der Waals surface area contributed by atoms with E-state index in [2.05, 4.69) is 10.3 Å². The Morgan fingerprint density at radius 1 is 1.19 bits per heavy atom. The van der Waals surface area contributed by atoms with Crippen molar-refractivity contribution in [1.29, 1.82) is 0 Å². The van der Waals surface area contributed by atoms with E-state index in [1.807, 2.05) is 6.92 Å². The maximum atomic E-state index is 12.8. The summed E-state index contributed by atoms with van der Waals surface area (Å²) >= 11 is 0. The third-order valence-corrected chi connectivity index (χ3v) is 4.63. The fourth-order valence-electron chi connectivity index (χ4n) is 3.16. The number of nitrogens with one attached hydrogen (secondary N) is 1. The predicted molar refractivity (Wildman–Crippen MR) is 92.9 cm³/mol. The van der Waals surface area contributed by atoms with Crippen molar-refractivity contribution < 1.29 is 22.8 Å². The van der Waals surface area contributed by atoms with Gasteiger partial charge in [-0.2, -0.15) is 13.2 Å². The minimum absolute atomic E-state index is 0.254. The highest BCUT2D eigenvalue weighted by Gasteiger charge is 2.44. The molecule has 2 aromatic rings. The molecule has 1 aliphatic rings. The van der Waals surface area contributed by atoms with Crippen molar-refractivity contribution >= 4 is 17.6 Å². The summed E-state index contributed by atoms with van der Waals surface area (Å²) in [6.45, 7) is 2.11. The zero-order chi connectivity index (χ0) is 19.8. The monoisotopic (exact) mass is 377 g/mol. The summed E-state index contributed by atoms with van der Waals surface area (Å²) < 4.78 is 38.3. The molecule has 0 radical (unpaired) electrons. The molecule has 5 nitrogen and oxygen atoms in total. The normalized spacial score (nSPS) is 20.0. The van der Waals surface area contributed by atoms with Crippen molar-refractivity contribution in [1.82, 2.24) is 9.88 Å². The Labute approximate surface area is 154 Å². The molecule has 8 heteroatoms. The SMILES string of the molecule is Cc1ccc(NC(=O)[C@H]2C(=O)N(C)C[C@@H]2c2ccc(C(F)(F)F)cc2)nc1. The summed E-state index contributed by atoms with van der Waals surface area (Å²) in [5, 5.41) is 2.62. The summed E-state index contributed by atoms with van der Waals surface area (Å²) in [7, 11) is 1.57. The number of aromatic nitrogens is 1. The van der Waals surface area contributed by atoms with Crippen LogP contribution in [-0.2, 0) is 15.8 Å². The highest BCUT2D eigenvalue weighted by atomic mass is 19.4. The van der Waals surface area contributed by atoms with E-state index >= 15 is 0 Å². The molecule has 0 aliphatic carbocycles. The third kappa shape index (κ3) is 3.94. The summed E-state index contributed by atoms with van der Waals surface area (Å²) in [4.78, 5) is 30.7. The number of hydrogen-bond acceptors (Lipinski definition) is 3. The van der Waals surface area contributed by atoms with Crippen LogP contribution in [0.25, 0.3) is 0 Å². The fourth-order valence-corrected chi connectivity index (χ4v) is 3.16. The molecule has 1 aromatic heterocycles.